The van der Waals surface area contributed by atoms with Crippen LogP contribution >= 0.6 is 0 Å². The normalized spacial score (nSPS) is 12.5. The lowest BCUT2D eigenvalue weighted by molar-refractivity contribution is -0.117. The quantitative estimate of drug-likeness (QED) is 0.796. The fraction of sp³-hybridized carbons (Fsp3) is 0.188. The van der Waals surface area contributed by atoms with E-state index in [1.807, 2.05) is 0 Å². The first-order valence-electron chi connectivity index (χ1n) is 7.26. The van der Waals surface area contributed by atoms with Gasteiger partial charge < -0.3 is 10.1 Å². The van der Waals surface area contributed by atoms with Gasteiger partial charge in [0.1, 0.15) is 16.5 Å². The van der Waals surface area contributed by atoms with E-state index in [9.17, 15) is 26.4 Å². The highest BCUT2D eigenvalue weighted by Gasteiger charge is 2.25. The maximum Gasteiger partial charge on any atom is 0.245 e. The van der Waals surface area contributed by atoms with Gasteiger partial charge in [0.05, 0.1) is 13.2 Å². The molecule has 0 aliphatic carbocycles. The molecule has 10 heteroatoms. The van der Waals surface area contributed by atoms with Crippen LogP contribution in [0.2, 0.25) is 0 Å². The molecule has 1 amide bonds. The number of rotatable bonds is 6. The van der Waals surface area contributed by atoms with E-state index in [0.29, 0.717) is 0 Å². The summed E-state index contributed by atoms with van der Waals surface area (Å²) in [6.45, 7) is 1.23. The van der Waals surface area contributed by atoms with Gasteiger partial charge in [0.2, 0.25) is 15.9 Å². The summed E-state index contributed by atoms with van der Waals surface area (Å²) < 4.78 is 71.1. The third-order valence-corrected chi connectivity index (χ3v) is 4.89. The molecule has 2 aromatic rings. The van der Waals surface area contributed by atoms with Gasteiger partial charge in [-0.3, -0.25) is 4.79 Å². The minimum atomic E-state index is -4.29. The van der Waals surface area contributed by atoms with E-state index in [1.165, 1.54) is 14.0 Å². The molecule has 0 saturated carbocycles. The third kappa shape index (κ3) is 4.52. The molecule has 1 atom stereocenters. The number of methoxy groups -OCH3 is 1. The second-order valence-corrected chi connectivity index (χ2v) is 6.94. The molecule has 0 aliphatic heterocycles. The number of nitrogens with one attached hydrogen (secondary N) is 2. The van der Waals surface area contributed by atoms with E-state index in [0.717, 1.165) is 36.4 Å². The first-order valence-corrected chi connectivity index (χ1v) is 8.74. The molecule has 1 unspecified atom stereocenters. The molecule has 0 saturated heterocycles. The van der Waals surface area contributed by atoms with Gasteiger partial charge in [-0.25, -0.2) is 21.6 Å². The van der Waals surface area contributed by atoms with Crippen LogP contribution in [0.15, 0.2) is 41.3 Å². The Kier molecular flexibility index (Phi) is 5.88. The number of sulfonamides is 1. The van der Waals surface area contributed by atoms with Crippen LogP contribution in [0.5, 0.6) is 5.75 Å². The van der Waals surface area contributed by atoms with E-state index in [2.05, 4.69) is 10.0 Å². The van der Waals surface area contributed by atoms with E-state index in [-0.39, 0.29) is 11.4 Å². The fourth-order valence-corrected chi connectivity index (χ4v) is 3.42. The molecule has 2 N–H and O–H groups in total. The highest BCUT2D eigenvalue weighted by Crippen LogP contribution is 2.24. The Morgan fingerprint density at radius 3 is 2.38 bits per heavy atom. The van der Waals surface area contributed by atoms with Gasteiger partial charge in [-0.1, -0.05) is 0 Å². The Hall–Kier alpha value is -2.59. The Bertz CT molecular complexity index is 935. The van der Waals surface area contributed by atoms with Crippen LogP contribution in [-0.4, -0.2) is 27.5 Å². The fourth-order valence-electron chi connectivity index (χ4n) is 2.03. The number of anilines is 1. The van der Waals surface area contributed by atoms with Crippen molar-refractivity contribution in [2.75, 3.05) is 12.4 Å². The molecule has 26 heavy (non-hydrogen) atoms. The summed E-state index contributed by atoms with van der Waals surface area (Å²) >= 11 is 0. The van der Waals surface area contributed by atoms with E-state index in [1.54, 1.807) is 0 Å². The maximum absolute atomic E-state index is 13.4. The van der Waals surface area contributed by atoms with Crippen LogP contribution in [0.4, 0.5) is 18.9 Å². The number of carbonyl (C=O) groups is 1. The van der Waals surface area contributed by atoms with Crippen LogP contribution in [0.25, 0.3) is 0 Å². The minimum absolute atomic E-state index is 0.0525. The molecular weight excluding hydrogens is 373 g/mol. The van der Waals surface area contributed by atoms with E-state index < -0.39 is 44.3 Å². The molecule has 140 valence electrons. The Balaban J connectivity index is 2.17. The summed E-state index contributed by atoms with van der Waals surface area (Å²) in [5.41, 5.74) is -0.0525. The van der Waals surface area contributed by atoms with Crippen molar-refractivity contribution in [2.24, 2.45) is 0 Å². The SMILES string of the molecule is COc1ccc(F)cc1S(=O)(=O)NC(C)C(=O)Nc1ccc(F)c(F)c1. The summed E-state index contributed by atoms with van der Waals surface area (Å²) in [6, 6.07) is 4.31. The predicted octanol–water partition coefficient (Wildman–Crippen LogP) is 2.42. The Morgan fingerprint density at radius 1 is 1.08 bits per heavy atom. The van der Waals surface area contributed by atoms with Crippen molar-refractivity contribution >= 4 is 21.6 Å². The smallest absolute Gasteiger partial charge is 0.245 e. The number of amides is 1. The summed E-state index contributed by atoms with van der Waals surface area (Å²) in [5.74, 6) is -3.98. The number of hydrogen-bond donors (Lipinski definition) is 2. The molecule has 0 radical (unpaired) electrons. The van der Waals surface area contributed by atoms with Crippen molar-refractivity contribution < 1.29 is 31.1 Å². The van der Waals surface area contributed by atoms with Gasteiger partial charge in [0, 0.05) is 11.8 Å². The molecule has 0 heterocycles. The maximum atomic E-state index is 13.4. The number of hydrogen-bond acceptors (Lipinski definition) is 4. The second-order valence-electron chi connectivity index (χ2n) is 5.26. The third-order valence-electron chi connectivity index (χ3n) is 3.33. The van der Waals surface area contributed by atoms with E-state index >= 15 is 0 Å². The van der Waals surface area contributed by atoms with Crippen molar-refractivity contribution in [3.05, 3.63) is 53.8 Å². The first-order chi connectivity index (χ1) is 12.1. The molecule has 0 aromatic heterocycles. The highest BCUT2D eigenvalue weighted by molar-refractivity contribution is 7.89. The van der Waals surface area contributed by atoms with Crippen LogP contribution in [-0.2, 0) is 14.8 Å². The lowest BCUT2D eigenvalue weighted by atomic mass is 10.2. The molecule has 2 rings (SSSR count). The van der Waals surface area contributed by atoms with Crippen molar-refractivity contribution in [1.82, 2.24) is 4.72 Å². The van der Waals surface area contributed by atoms with Crippen LogP contribution in [0.1, 0.15) is 6.92 Å². The standard InChI is InChI=1S/C16H15F3N2O4S/c1-9(16(22)20-11-4-5-12(18)13(19)8-11)21-26(23,24)15-7-10(17)3-6-14(15)25-2/h3-9,21H,1-2H3,(H,20,22). The number of benzene rings is 2. The zero-order chi connectivity index (χ0) is 19.5. The molecular formula is C16H15F3N2O4S. The number of carbonyl (C=O) groups excluding carboxylic acids is 1. The van der Waals surface area contributed by atoms with Crippen molar-refractivity contribution in [3.63, 3.8) is 0 Å². The number of halogens is 3. The van der Waals surface area contributed by atoms with Crippen LogP contribution < -0.4 is 14.8 Å². The van der Waals surface area contributed by atoms with Crippen LogP contribution in [0, 0.1) is 17.5 Å². The molecule has 2 aromatic carbocycles. The van der Waals surface area contributed by atoms with Crippen molar-refractivity contribution in [1.29, 1.82) is 0 Å². The summed E-state index contributed by atoms with van der Waals surface area (Å²) in [4.78, 5) is 11.6. The predicted molar refractivity (Wildman–Crippen MR) is 87.7 cm³/mol. The van der Waals surface area contributed by atoms with Crippen LogP contribution in [0.3, 0.4) is 0 Å². The van der Waals surface area contributed by atoms with Gasteiger partial charge in [0.15, 0.2) is 11.6 Å². The largest absolute Gasteiger partial charge is 0.495 e. The topological polar surface area (TPSA) is 84.5 Å². The molecule has 0 fully saturated rings. The zero-order valence-corrected chi connectivity index (χ0v) is 14.5. The lowest BCUT2D eigenvalue weighted by Crippen LogP contribution is -2.41. The number of ether oxygens (including phenoxy) is 1. The van der Waals surface area contributed by atoms with Gasteiger partial charge in [-0.05, 0) is 37.3 Å². The summed E-state index contributed by atoms with van der Waals surface area (Å²) in [5, 5.41) is 2.25. The molecule has 0 spiro atoms. The van der Waals surface area contributed by atoms with E-state index in [4.69, 9.17) is 4.74 Å². The Labute approximate surface area is 148 Å². The molecule has 0 bridgehead atoms. The minimum Gasteiger partial charge on any atom is -0.495 e. The van der Waals surface area contributed by atoms with Gasteiger partial charge in [-0.2, -0.15) is 4.72 Å². The molecule has 0 aliphatic rings. The molecule has 6 nitrogen and oxygen atoms in total. The van der Waals surface area contributed by atoms with Crippen molar-refractivity contribution in [2.45, 2.75) is 17.9 Å². The van der Waals surface area contributed by atoms with Gasteiger partial charge in [-0.15, -0.1) is 0 Å². The first kappa shape index (κ1) is 19.7. The van der Waals surface area contributed by atoms with Crippen molar-refractivity contribution in [3.8, 4) is 5.75 Å². The monoisotopic (exact) mass is 388 g/mol. The summed E-state index contributed by atoms with van der Waals surface area (Å²) in [7, 11) is -3.07. The van der Waals surface area contributed by atoms with Gasteiger partial charge >= 0.3 is 0 Å². The Morgan fingerprint density at radius 2 is 1.77 bits per heavy atom. The highest BCUT2D eigenvalue weighted by atomic mass is 32.2. The van der Waals surface area contributed by atoms with Gasteiger partial charge in [0.25, 0.3) is 0 Å². The second kappa shape index (κ2) is 7.75. The lowest BCUT2D eigenvalue weighted by Gasteiger charge is -2.16. The zero-order valence-electron chi connectivity index (χ0n) is 13.7. The summed E-state index contributed by atoms with van der Waals surface area (Å²) in [6.07, 6.45) is 0. The average molecular weight is 388 g/mol. The average Bonchev–Trinajstić information content (AvgIpc) is 2.57.